The number of hydrogen-bond donors (Lipinski definition) is 0. The molecule has 0 N–H and O–H groups in total. The fourth-order valence-corrected chi connectivity index (χ4v) is 6.89. The molecule has 1 heteroatoms. The van der Waals surface area contributed by atoms with E-state index in [4.69, 9.17) is 0 Å². The van der Waals surface area contributed by atoms with Gasteiger partial charge in [0.05, 0.1) is 0 Å². The topological polar surface area (TPSA) is 0 Å². The molecule has 0 atom stereocenters. The second kappa shape index (κ2) is 5.24. The van der Waals surface area contributed by atoms with Crippen molar-refractivity contribution in [2.24, 2.45) is 10.8 Å². The molecular weight excluding hydrogens is 208 g/mol. The summed E-state index contributed by atoms with van der Waals surface area (Å²) in [7, 11) is 0.0711. The van der Waals surface area contributed by atoms with Gasteiger partial charge in [-0.1, -0.05) is 79.2 Å². The summed E-state index contributed by atoms with van der Waals surface area (Å²) in [5, 5.41) is 0. The Bertz CT molecular complexity index is 186. The van der Waals surface area contributed by atoms with Crippen LogP contribution in [0.4, 0.5) is 0 Å². The van der Waals surface area contributed by atoms with Gasteiger partial charge >= 0.3 is 0 Å². The van der Waals surface area contributed by atoms with Crippen LogP contribution in [0.25, 0.3) is 0 Å². The fourth-order valence-electron chi connectivity index (χ4n) is 3.76. The summed E-state index contributed by atoms with van der Waals surface area (Å²) in [6.45, 7) is 14.7. The lowest BCUT2D eigenvalue weighted by Gasteiger charge is -2.43. The average molecular weight is 241 g/mol. The zero-order chi connectivity index (χ0) is 12.4. The molecule has 0 aliphatic heterocycles. The van der Waals surface area contributed by atoms with Gasteiger partial charge in [0, 0.05) is 9.52 Å². The third kappa shape index (κ3) is 4.23. The Morgan fingerprint density at radius 3 is 1.62 bits per heavy atom. The summed E-state index contributed by atoms with van der Waals surface area (Å²) in [5.74, 6) is 0. The van der Waals surface area contributed by atoms with Gasteiger partial charge < -0.3 is 0 Å². The summed E-state index contributed by atoms with van der Waals surface area (Å²) >= 11 is 0. The van der Waals surface area contributed by atoms with Gasteiger partial charge in [-0.3, -0.25) is 0 Å². The van der Waals surface area contributed by atoms with E-state index < -0.39 is 0 Å². The van der Waals surface area contributed by atoms with Gasteiger partial charge in [0.1, 0.15) is 0 Å². The Kier molecular flexibility index (Phi) is 4.68. The fraction of sp³-hybridized carbons (Fsp3) is 1.00. The molecule has 0 aromatic rings. The molecule has 0 aromatic heterocycles. The molecule has 0 amide bonds. The zero-order valence-corrected chi connectivity index (χ0v) is 13.8. The van der Waals surface area contributed by atoms with E-state index >= 15 is 0 Å². The molecule has 0 spiro atoms. The van der Waals surface area contributed by atoms with E-state index in [1.165, 1.54) is 19.3 Å². The quantitative estimate of drug-likeness (QED) is 0.609. The molecule has 0 nitrogen and oxygen atoms in total. The molecule has 1 saturated carbocycles. The van der Waals surface area contributed by atoms with Crippen LogP contribution in [0.3, 0.4) is 0 Å². The van der Waals surface area contributed by atoms with Crippen LogP contribution in [-0.4, -0.2) is 9.52 Å². The number of rotatable bonds is 2. The van der Waals surface area contributed by atoms with Crippen LogP contribution in [-0.2, 0) is 0 Å². The average Bonchev–Trinajstić information content (AvgIpc) is 2.12. The highest BCUT2D eigenvalue weighted by Crippen LogP contribution is 2.47. The third-order valence-corrected chi connectivity index (χ3v) is 8.79. The van der Waals surface area contributed by atoms with Crippen molar-refractivity contribution >= 4 is 9.52 Å². The lowest BCUT2D eigenvalue weighted by Crippen LogP contribution is -2.34. The van der Waals surface area contributed by atoms with E-state index in [1.807, 2.05) is 0 Å². The molecule has 1 aliphatic rings. The van der Waals surface area contributed by atoms with Crippen molar-refractivity contribution in [3.05, 3.63) is 0 Å². The van der Waals surface area contributed by atoms with Gasteiger partial charge in [0.15, 0.2) is 0 Å². The standard InChI is InChI=1S/C15H32Si/c1-14(2,3)13(15(4,5)6)16-12-10-8-7-9-11-12/h12-13H,7-11,16H2,1-6H3. The van der Waals surface area contributed by atoms with Gasteiger partial charge in [-0.2, -0.15) is 0 Å². The SMILES string of the molecule is CC(C)(C)C([SiH2]C1CCCCC1)C(C)(C)C. The maximum absolute atomic E-state index is 2.46. The van der Waals surface area contributed by atoms with Gasteiger partial charge in [0.25, 0.3) is 0 Å². The van der Waals surface area contributed by atoms with Crippen LogP contribution < -0.4 is 0 Å². The van der Waals surface area contributed by atoms with Crippen molar-refractivity contribution in [2.45, 2.75) is 84.7 Å². The third-order valence-electron chi connectivity index (χ3n) is 4.38. The van der Waals surface area contributed by atoms with E-state index in [1.54, 1.807) is 12.8 Å². The Morgan fingerprint density at radius 1 is 0.812 bits per heavy atom. The van der Waals surface area contributed by atoms with Crippen molar-refractivity contribution in [3.8, 4) is 0 Å². The first-order valence-electron chi connectivity index (χ1n) is 7.21. The molecule has 1 aliphatic carbocycles. The first-order valence-corrected chi connectivity index (χ1v) is 8.84. The zero-order valence-electron chi connectivity index (χ0n) is 12.4. The summed E-state index contributed by atoms with van der Waals surface area (Å²) in [4.78, 5) is 0. The van der Waals surface area contributed by atoms with E-state index in [0.717, 1.165) is 11.1 Å². The maximum Gasteiger partial charge on any atom is 0.0277 e. The Labute approximate surface area is 105 Å². The van der Waals surface area contributed by atoms with Crippen LogP contribution in [0.1, 0.15) is 73.6 Å². The van der Waals surface area contributed by atoms with E-state index in [2.05, 4.69) is 41.5 Å². The molecule has 0 unspecified atom stereocenters. The van der Waals surface area contributed by atoms with Crippen molar-refractivity contribution in [2.75, 3.05) is 0 Å². The lowest BCUT2D eigenvalue weighted by atomic mass is 9.76. The summed E-state index contributed by atoms with van der Waals surface area (Å²) in [6.07, 6.45) is 7.63. The van der Waals surface area contributed by atoms with Gasteiger partial charge in [-0.05, 0) is 16.4 Å². The van der Waals surface area contributed by atoms with Crippen LogP contribution in [0.2, 0.25) is 11.1 Å². The molecule has 16 heavy (non-hydrogen) atoms. The predicted octanol–water partition coefficient (Wildman–Crippen LogP) is 4.79. The van der Waals surface area contributed by atoms with Crippen LogP contribution in [0.15, 0.2) is 0 Å². The highest BCUT2D eigenvalue weighted by atomic mass is 28.2. The minimum absolute atomic E-state index is 0.0711. The van der Waals surface area contributed by atoms with Crippen molar-refractivity contribution in [3.63, 3.8) is 0 Å². The Hall–Kier alpha value is 0.217. The molecule has 1 fully saturated rings. The van der Waals surface area contributed by atoms with Crippen LogP contribution in [0, 0.1) is 10.8 Å². The van der Waals surface area contributed by atoms with E-state index in [-0.39, 0.29) is 9.52 Å². The second-order valence-electron chi connectivity index (χ2n) is 8.02. The summed E-state index contributed by atoms with van der Waals surface area (Å²) in [5.41, 5.74) is 3.17. The second-order valence-corrected chi connectivity index (χ2v) is 10.5. The summed E-state index contributed by atoms with van der Waals surface area (Å²) in [6, 6.07) is 0. The van der Waals surface area contributed by atoms with Crippen LogP contribution >= 0.6 is 0 Å². The normalized spacial score (nSPS) is 21.2. The molecular formula is C15H32Si. The van der Waals surface area contributed by atoms with Crippen molar-refractivity contribution in [1.82, 2.24) is 0 Å². The highest BCUT2D eigenvalue weighted by molar-refractivity contribution is 6.40. The molecule has 0 saturated heterocycles. The first-order chi connectivity index (χ1) is 7.21. The monoisotopic (exact) mass is 240 g/mol. The number of hydrogen-bond acceptors (Lipinski definition) is 0. The van der Waals surface area contributed by atoms with E-state index in [0.29, 0.717) is 10.8 Å². The minimum atomic E-state index is 0.0711. The van der Waals surface area contributed by atoms with Crippen LogP contribution in [0.5, 0.6) is 0 Å². The van der Waals surface area contributed by atoms with Crippen molar-refractivity contribution in [1.29, 1.82) is 0 Å². The molecule has 96 valence electrons. The van der Waals surface area contributed by atoms with E-state index in [9.17, 15) is 0 Å². The highest BCUT2D eigenvalue weighted by Gasteiger charge is 2.36. The smallest absolute Gasteiger partial charge is 0.0277 e. The minimum Gasteiger partial charge on any atom is -0.0602 e. The maximum atomic E-state index is 2.46. The molecule has 1 rings (SSSR count). The van der Waals surface area contributed by atoms with Gasteiger partial charge in [-0.25, -0.2) is 0 Å². The van der Waals surface area contributed by atoms with Gasteiger partial charge in [0.2, 0.25) is 0 Å². The molecule has 0 aromatic carbocycles. The predicted molar refractivity (Wildman–Crippen MR) is 78.0 cm³/mol. The molecule has 0 radical (unpaired) electrons. The summed E-state index contributed by atoms with van der Waals surface area (Å²) < 4.78 is 0. The Balaban J connectivity index is 2.63. The molecule has 0 heterocycles. The largest absolute Gasteiger partial charge is 0.0602 e. The molecule has 0 bridgehead atoms. The Morgan fingerprint density at radius 2 is 1.25 bits per heavy atom. The lowest BCUT2D eigenvalue weighted by molar-refractivity contribution is 0.229. The van der Waals surface area contributed by atoms with Gasteiger partial charge in [-0.15, -0.1) is 0 Å². The van der Waals surface area contributed by atoms with Crippen molar-refractivity contribution < 1.29 is 0 Å². The first kappa shape index (κ1) is 14.3.